The highest BCUT2D eigenvalue weighted by molar-refractivity contribution is 5.37. The Kier molecular flexibility index (Phi) is 2.81. The van der Waals surface area contributed by atoms with Crippen molar-refractivity contribution in [3.05, 3.63) is 34.9 Å². The zero-order valence-corrected chi connectivity index (χ0v) is 9.42. The maximum Gasteiger partial charge on any atom is 0.113 e. The maximum atomic E-state index is 10.5. The summed E-state index contributed by atoms with van der Waals surface area (Å²) < 4.78 is 5.13. The molecule has 0 aliphatic heterocycles. The van der Waals surface area contributed by atoms with Crippen LogP contribution < -0.4 is 0 Å². The van der Waals surface area contributed by atoms with E-state index in [1.807, 2.05) is 0 Å². The average molecular weight is 206 g/mol. The summed E-state index contributed by atoms with van der Waals surface area (Å²) in [7, 11) is 1.64. The first-order valence-electron chi connectivity index (χ1n) is 5.47. The van der Waals surface area contributed by atoms with Crippen molar-refractivity contribution >= 4 is 0 Å². The van der Waals surface area contributed by atoms with Crippen LogP contribution in [0.4, 0.5) is 0 Å². The van der Waals surface area contributed by atoms with Crippen molar-refractivity contribution in [2.45, 2.75) is 31.8 Å². The van der Waals surface area contributed by atoms with Gasteiger partial charge in [0.1, 0.15) is 5.60 Å². The largest absolute Gasteiger partial charge is 0.383 e. The van der Waals surface area contributed by atoms with E-state index in [4.69, 9.17) is 4.74 Å². The quantitative estimate of drug-likeness (QED) is 0.803. The molecule has 82 valence electrons. The molecule has 1 aromatic rings. The van der Waals surface area contributed by atoms with Gasteiger partial charge in [-0.2, -0.15) is 0 Å². The minimum absolute atomic E-state index is 0.392. The smallest absolute Gasteiger partial charge is 0.113 e. The molecular formula is C13H18O2. The first-order chi connectivity index (χ1) is 7.15. The fraction of sp³-hybridized carbons (Fsp3) is 0.538. The lowest BCUT2D eigenvalue weighted by atomic mass is 9.79. The fourth-order valence-corrected chi connectivity index (χ4v) is 2.44. The zero-order valence-electron chi connectivity index (χ0n) is 9.42. The lowest BCUT2D eigenvalue weighted by Crippen LogP contribution is -2.35. The first-order valence-corrected chi connectivity index (χ1v) is 5.47. The zero-order chi connectivity index (χ0) is 10.9. The lowest BCUT2D eigenvalue weighted by molar-refractivity contribution is -0.0479. The summed E-state index contributed by atoms with van der Waals surface area (Å²) in [6.07, 6.45) is 2.91. The van der Waals surface area contributed by atoms with Crippen molar-refractivity contribution in [1.82, 2.24) is 0 Å². The summed E-state index contributed by atoms with van der Waals surface area (Å²) in [4.78, 5) is 0. The van der Waals surface area contributed by atoms with E-state index in [1.54, 1.807) is 7.11 Å². The number of ether oxygens (including phenoxy) is 1. The van der Waals surface area contributed by atoms with Crippen molar-refractivity contribution < 1.29 is 9.84 Å². The Labute approximate surface area is 90.9 Å². The molecule has 0 fully saturated rings. The SMILES string of the molecule is COCC1(O)CCCc2ccc(C)cc21. The van der Waals surface area contributed by atoms with Gasteiger partial charge < -0.3 is 9.84 Å². The Balaban J connectivity index is 2.44. The number of methoxy groups -OCH3 is 1. The fourth-order valence-electron chi connectivity index (χ4n) is 2.44. The predicted octanol–water partition coefficient (Wildman–Crippen LogP) is 2.17. The second-order valence-corrected chi connectivity index (χ2v) is 4.48. The van der Waals surface area contributed by atoms with E-state index in [1.165, 1.54) is 11.1 Å². The molecule has 15 heavy (non-hydrogen) atoms. The minimum Gasteiger partial charge on any atom is -0.383 e. The summed E-state index contributed by atoms with van der Waals surface area (Å²) in [6.45, 7) is 2.45. The Morgan fingerprint density at radius 3 is 3.00 bits per heavy atom. The van der Waals surface area contributed by atoms with Crippen LogP contribution in [0.3, 0.4) is 0 Å². The Morgan fingerprint density at radius 2 is 2.27 bits per heavy atom. The molecule has 2 heteroatoms. The summed E-state index contributed by atoms with van der Waals surface area (Å²) in [5, 5.41) is 10.5. The van der Waals surface area contributed by atoms with E-state index in [-0.39, 0.29) is 0 Å². The summed E-state index contributed by atoms with van der Waals surface area (Å²) in [6, 6.07) is 6.33. The summed E-state index contributed by atoms with van der Waals surface area (Å²) in [5.74, 6) is 0. The molecule has 2 nitrogen and oxygen atoms in total. The normalized spacial score (nSPS) is 25.0. The van der Waals surface area contributed by atoms with Gasteiger partial charge in [0.05, 0.1) is 6.61 Å². The number of hydrogen-bond donors (Lipinski definition) is 1. The van der Waals surface area contributed by atoms with Gasteiger partial charge >= 0.3 is 0 Å². The predicted molar refractivity (Wildman–Crippen MR) is 59.9 cm³/mol. The number of aryl methyl sites for hydroxylation is 2. The Morgan fingerprint density at radius 1 is 1.47 bits per heavy atom. The minimum atomic E-state index is -0.769. The first kappa shape index (κ1) is 10.7. The van der Waals surface area contributed by atoms with Gasteiger partial charge in [-0.1, -0.05) is 23.8 Å². The molecule has 0 saturated carbocycles. The number of rotatable bonds is 2. The van der Waals surface area contributed by atoms with Gasteiger partial charge in [-0.3, -0.25) is 0 Å². The third-order valence-electron chi connectivity index (χ3n) is 3.19. The molecule has 1 aromatic carbocycles. The lowest BCUT2D eigenvalue weighted by Gasteiger charge is -2.34. The van der Waals surface area contributed by atoms with E-state index in [9.17, 15) is 5.11 Å². The van der Waals surface area contributed by atoms with E-state index in [0.717, 1.165) is 24.8 Å². The van der Waals surface area contributed by atoms with Crippen molar-refractivity contribution in [2.75, 3.05) is 13.7 Å². The highest BCUT2D eigenvalue weighted by atomic mass is 16.5. The van der Waals surface area contributed by atoms with Crippen LogP contribution >= 0.6 is 0 Å². The van der Waals surface area contributed by atoms with Gasteiger partial charge in [0, 0.05) is 7.11 Å². The molecule has 1 N–H and O–H groups in total. The van der Waals surface area contributed by atoms with Crippen LogP contribution in [-0.2, 0) is 16.8 Å². The van der Waals surface area contributed by atoms with Crippen LogP contribution in [0.1, 0.15) is 29.5 Å². The summed E-state index contributed by atoms with van der Waals surface area (Å²) >= 11 is 0. The third-order valence-corrected chi connectivity index (χ3v) is 3.19. The van der Waals surface area contributed by atoms with E-state index in [2.05, 4.69) is 25.1 Å². The van der Waals surface area contributed by atoms with Gasteiger partial charge in [0.2, 0.25) is 0 Å². The van der Waals surface area contributed by atoms with Crippen molar-refractivity contribution in [1.29, 1.82) is 0 Å². The van der Waals surface area contributed by atoms with Crippen molar-refractivity contribution in [2.24, 2.45) is 0 Å². The van der Waals surface area contributed by atoms with Crippen LogP contribution in [0.15, 0.2) is 18.2 Å². The van der Waals surface area contributed by atoms with Gasteiger partial charge in [-0.15, -0.1) is 0 Å². The molecule has 1 unspecified atom stereocenters. The van der Waals surface area contributed by atoms with Gasteiger partial charge in [0.15, 0.2) is 0 Å². The molecule has 1 aliphatic carbocycles. The Bertz CT molecular complexity index is 360. The second-order valence-electron chi connectivity index (χ2n) is 4.48. The summed E-state index contributed by atoms with van der Waals surface area (Å²) in [5.41, 5.74) is 2.76. The van der Waals surface area contributed by atoms with Crippen molar-refractivity contribution in [3.8, 4) is 0 Å². The number of fused-ring (bicyclic) bond motifs is 1. The third kappa shape index (κ3) is 1.92. The number of benzene rings is 1. The van der Waals surface area contributed by atoms with Crippen LogP contribution in [-0.4, -0.2) is 18.8 Å². The van der Waals surface area contributed by atoms with E-state index >= 15 is 0 Å². The van der Waals surface area contributed by atoms with Crippen molar-refractivity contribution in [3.63, 3.8) is 0 Å². The molecule has 0 aromatic heterocycles. The van der Waals surface area contributed by atoms with Crippen LogP contribution in [0.5, 0.6) is 0 Å². The van der Waals surface area contributed by atoms with Crippen LogP contribution in [0.2, 0.25) is 0 Å². The topological polar surface area (TPSA) is 29.5 Å². The molecular weight excluding hydrogens is 188 g/mol. The van der Waals surface area contributed by atoms with Gasteiger partial charge in [0.25, 0.3) is 0 Å². The monoisotopic (exact) mass is 206 g/mol. The molecule has 0 amide bonds. The molecule has 1 atom stereocenters. The molecule has 0 saturated heterocycles. The van der Waals surface area contributed by atoms with Gasteiger partial charge in [-0.05, 0) is 37.3 Å². The average Bonchev–Trinajstić information content (AvgIpc) is 2.20. The Hall–Kier alpha value is -0.860. The van der Waals surface area contributed by atoms with Crippen LogP contribution in [0, 0.1) is 6.92 Å². The highest BCUT2D eigenvalue weighted by Crippen LogP contribution is 2.35. The van der Waals surface area contributed by atoms with Gasteiger partial charge in [-0.25, -0.2) is 0 Å². The molecule has 1 aliphatic rings. The molecule has 0 bridgehead atoms. The number of aliphatic hydroxyl groups is 1. The van der Waals surface area contributed by atoms with Crippen LogP contribution in [0.25, 0.3) is 0 Å². The molecule has 0 radical (unpaired) electrons. The molecule has 2 rings (SSSR count). The molecule has 0 spiro atoms. The maximum absolute atomic E-state index is 10.5. The standard InChI is InChI=1S/C13H18O2/c1-10-5-6-11-4-3-7-13(14,9-15-2)12(11)8-10/h5-6,8,14H,3-4,7,9H2,1-2H3. The second kappa shape index (κ2) is 3.95. The number of hydrogen-bond acceptors (Lipinski definition) is 2. The highest BCUT2D eigenvalue weighted by Gasteiger charge is 2.34. The van der Waals surface area contributed by atoms with E-state index < -0.39 is 5.60 Å². The van der Waals surface area contributed by atoms with E-state index in [0.29, 0.717) is 6.61 Å². The molecule has 0 heterocycles.